The summed E-state index contributed by atoms with van der Waals surface area (Å²) in [5.74, 6) is -3.43. The van der Waals surface area contributed by atoms with Crippen molar-refractivity contribution in [1.82, 2.24) is 5.32 Å². The second kappa shape index (κ2) is 7.93. The van der Waals surface area contributed by atoms with Crippen molar-refractivity contribution in [2.24, 2.45) is 0 Å². The van der Waals surface area contributed by atoms with Gasteiger partial charge in [0.1, 0.15) is 23.4 Å². The highest BCUT2D eigenvalue weighted by Crippen LogP contribution is 2.66. The molecule has 0 spiro atoms. The lowest BCUT2D eigenvalue weighted by Gasteiger charge is -2.53. The number of methoxy groups -OCH3 is 2. The predicted molar refractivity (Wildman–Crippen MR) is 131 cm³/mol. The maximum absolute atomic E-state index is 12.9. The number of rotatable bonds is 5. The third kappa shape index (κ3) is 2.79. The molecule has 4 N–H and O–H groups in total. The molecule has 6 rings (SSSR count). The third-order valence-electron chi connectivity index (χ3n) is 8.13. The van der Waals surface area contributed by atoms with E-state index in [0.29, 0.717) is 41.5 Å². The van der Waals surface area contributed by atoms with Crippen molar-refractivity contribution in [1.29, 1.82) is 0 Å². The molecule has 2 aromatic carbocycles. The van der Waals surface area contributed by atoms with Gasteiger partial charge in [-0.2, -0.15) is 0 Å². The fourth-order valence-electron chi connectivity index (χ4n) is 6.52. The van der Waals surface area contributed by atoms with Crippen LogP contribution in [0.15, 0.2) is 6.07 Å². The molecule has 1 aliphatic carbocycles. The Morgan fingerprint density at radius 2 is 2.05 bits per heavy atom. The van der Waals surface area contributed by atoms with Gasteiger partial charge in [-0.05, 0) is 31.4 Å². The lowest BCUT2D eigenvalue weighted by molar-refractivity contribution is -0.343. The van der Waals surface area contributed by atoms with E-state index >= 15 is 0 Å². The van der Waals surface area contributed by atoms with Crippen LogP contribution in [-0.4, -0.2) is 76.6 Å². The first kappa shape index (κ1) is 24.7. The zero-order valence-electron chi connectivity index (χ0n) is 20.3. The Morgan fingerprint density at radius 3 is 2.70 bits per heavy atom. The topological polar surface area (TPSA) is 153 Å². The van der Waals surface area contributed by atoms with E-state index in [1.165, 1.54) is 14.2 Å². The minimum absolute atomic E-state index is 0.152. The first-order chi connectivity index (χ1) is 17.6. The number of phenols is 1. The summed E-state index contributed by atoms with van der Waals surface area (Å²) in [6.45, 7) is 1.45. The molecule has 0 radical (unpaired) electrons. The number of ketones is 1. The van der Waals surface area contributed by atoms with Crippen LogP contribution in [0.4, 0.5) is 4.79 Å². The number of hydrogen-bond acceptors (Lipinski definition) is 9. The van der Waals surface area contributed by atoms with Crippen LogP contribution in [0.25, 0.3) is 10.8 Å². The number of aliphatic hydroxyl groups is 1. The van der Waals surface area contributed by atoms with Gasteiger partial charge in [-0.3, -0.25) is 4.79 Å². The minimum Gasteiger partial charge on any atom is -0.506 e. The number of nitrogens with one attached hydrogen (secondary N) is 1. The monoisotopic (exact) mass is 579 g/mol. The summed E-state index contributed by atoms with van der Waals surface area (Å²) in [5, 5.41) is 35.6. The summed E-state index contributed by atoms with van der Waals surface area (Å²) >= 11 is 3.32. The predicted octanol–water partition coefficient (Wildman–Crippen LogP) is 2.68. The van der Waals surface area contributed by atoms with Gasteiger partial charge in [-0.25, -0.2) is 4.79 Å². The molecule has 2 aromatic rings. The van der Waals surface area contributed by atoms with Gasteiger partial charge in [-0.15, -0.1) is 0 Å². The van der Waals surface area contributed by atoms with E-state index in [0.717, 1.165) is 5.56 Å². The van der Waals surface area contributed by atoms with Crippen LogP contribution >= 0.6 is 15.9 Å². The van der Waals surface area contributed by atoms with E-state index in [1.54, 1.807) is 0 Å². The molecule has 4 aliphatic rings. The summed E-state index contributed by atoms with van der Waals surface area (Å²) in [5.41, 5.74) is 0.108. The normalized spacial score (nSPS) is 33.2. The second-order valence-electron chi connectivity index (χ2n) is 9.83. The van der Waals surface area contributed by atoms with Gasteiger partial charge in [0, 0.05) is 35.4 Å². The molecule has 0 aromatic heterocycles. The van der Waals surface area contributed by atoms with Crippen LogP contribution in [-0.2, 0) is 20.6 Å². The van der Waals surface area contributed by atoms with Crippen molar-refractivity contribution in [3.63, 3.8) is 0 Å². The van der Waals surface area contributed by atoms with Gasteiger partial charge < -0.3 is 44.3 Å². The summed E-state index contributed by atoms with van der Waals surface area (Å²) in [4.78, 5) is 24.2. The van der Waals surface area contributed by atoms with Crippen molar-refractivity contribution in [2.75, 3.05) is 26.1 Å². The summed E-state index contributed by atoms with van der Waals surface area (Å²) < 4.78 is 30.6. The van der Waals surface area contributed by atoms with Crippen LogP contribution in [0.1, 0.15) is 46.0 Å². The summed E-state index contributed by atoms with van der Waals surface area (Å²) in [6.07, 6.45) is -1.59. The quantitative estimate of drug-likeness (QED) is 0.389. The number of hydrogen-bond donors (Lipinski definition) is 4. The molecule has 11 nitrogen and oxygen atoms in total. The number of phenolic OH excluding ortho intramolecular Hbond substituents is 1. The number of carboxylic acid groups (broad SMARTS) is 1. The number of alkyl halides is 1. The fraction of sp³-hybridized carbons (Fsp3) is 0.520. The Kier molecular flexibility index (Phi) is 5.29. The van der Waals surface area contributed by atoms with Crippen LogP contribution in [0.5, 0.6) is 17.2 Å². The van der Waals surface area contributed by atoms with E-state index in [1.807, 2.05) is 13.0 Å². The average molecular weight is 580 g/mol. The lowest BCUT2D eigenvalue weighted by atomic mass is 9.76. The molecule has 12 heteroatoms. The Morgan fingerprint density at radius 1 is 1.30 bits per heavy atom. The number of halogens is 1. The molecule has 37 heavy (non-hydrogen) atoms. The first-order valence-corrected chi connectivity index (χ1v) is 13.0. The van der Waals surface area contributed by atoms with Gasteiger partial charge in [0.15, 0.2) is 17.5 Å². The Bertz CT molecular complexity index is 1380. The second-order valence-corrected chi connectivity index (χ2v) is 10.4. The molecule has 1 amide bonds. The number of aromatic hydroxyl groups is 1. The maximum Gasteiger partial charge on any atom is 0.404 e. The number of amides is 1. The van der Waals surface area contributed by atoms with Gasteiger partial charge in [0.05, 0.1) is 24.6 Å². The largest absolute Gasteiger partial charge is 0.506 e. The van der Waals surface area contributed by atoms with Gasteiger partial charge in [0.25, 0.3) is 5.79 Å². The highest BCUT2D eigenvalue weighted by Gasteiger charge is 2.84. The first-order valence-electron chi connectivity index (χ1n) is 11.9. The number of benzene rings is 2. The van der Waals surface area contributed by atoms with Gasteiger partial charge >= 0.3 is 6.09 Å². The Hall–Kier alpha value is -2.64. The zero-order chi connectivity index (χ0) is 26.5. The number of aryl methyl sites for hydroxylation is 1. The molecule has 198 valence electrons. The lowest BCUT2D eigenvalue weighted by Crippen LogP contribution is -2.75. The Labute approximate surface area is 219 Å². The molecule has 2 saturated heterocycles. The molecule has 2 unspecified atom stereocenters. The van der Waals surface area contributed by atoms with Crippen LogP contribution < -0.4 is 14.8 Å². The average Bonchev–Trinajstić information content (AvgIpc) is 3.36. The van der Waals surface area contributed by atoms with E-state index < -0.39 is 42.0 Å². The molecule has 2 bridgehead atoms. The van der Waals surface area contributed by atoms with Crippen LogP contribution in [0.3, 0.4) is 0 Å². The van der Waals surface area contributed by atoms with Crippen molar-refractivity contribution in [3.8, 4) is 17.2 Å². The summed E-state index contributed by atoms with van der Waals surface area (Å²) in [6, 6.07) is 1.84. The van der Waals surface area contributed by atoms with E-state index in [2.05, 4.69) is 21.2 Å². The van der Waals surface area contributed by atoms with Crippen molar-refractivity contribution >= 4 is 38.6 Å². The Balaban J connectivity index is 1.65. The summed E-state index contributed by atoms with van der Waals surface area (Å²) in [7, 11) is 2.86. The van der Waals surface area contributed by atoms with E-state index in [9.17, 15) is 24.9 Å². The minimum atomic E-state index is -2.02. The molecule has 3 aliphatic heterocycles. The van der Waals surface area contributed by atoms with Crippen LogP contribution in [0, 0.1) is 6.92 Å². The van der Waals surface area contributed by atoms with E-state index in [4.69, 9.17) is 23.7 Å². The highest BCUT2D eigenvalue weighted by molar-refractivity contribution is 9.09. The highest BCUT2D eigenvalue weighted by atomic mass is 79.9. The number of ether oxygens (including phenoxy) is 5. The van der Waals surface area contributed by atoms with Crippen LogP contribution in [0.2, 0.25) is 0 Å². The number of Topliss-reactive ketones (excluding diaryl/α,β-unsaturated/α-hetero) is 1. The van der Waals surface area contributed by atoms with E-state index in [-0.39, 0.29) is 33.6 Å². The van der Waals surface area contributed by atoms with Gasteiger partial charge in [0.2, 0.25) is 5.79 Å². The van der Waals surface area contributed by atoms with Crippen molar-refractivity contribution in [2.45, 2.75) is 55.6 Å². The van der Waals surface area contributed by atoms with Crippen molar-refractivity contribution in [3.05, 3.63) is 28.3 Å². The molecule has 2 fully saturated rings. The number of fused-ring (bicyclic) bond motifs is 6. The molecule has 0 saturated carbocycles. The van der Waals surface area contributed by atoms with Crippen molar-refractivity contribution < 1.29 is 48.6 Å². The van der Waals surface area contributed by atoms with Gasteiger partial charge in [-0.1, -0.05) is 15.9 Å². The SMILES string of the molecule is COc1c2c(c(O)c3c4c(c(C)cc13)C1O[C@]3(CNC(=O)O)O[C@H]1C(OC)(O4)[C@@]3(O)CBr)C(=O)CCC2. The maximum atomic E-state index is 12.9. The molecule has 5 atom stereocenters. The zero-order valence-corrected chi connectivity index (χ0v) is 21.9. The smallest absolute Gasteiger partial charge is 0.404 e. The molecule has 3 heterocycles. The number of carbonyl (C=O) groups excluding carboxylic acids is 1. The molecular formula is C25H26BrNO10. The molecular weight excluding hydrogens is 554 g/mol. The standard InChI is InChI=1S/C25H26BrNO10/c1-10-7-12-16(17(29)15-11(18(12)33-2)5-4-6-13(15)28)19-14(10)20-21-25(34-3,36-19)23(32,8-26)24(35-20,37-21)9-27-22(30)31/h7,20-21,27,29,32H,4-6,8-9H2,1-3H3,(H,30,31)/t20?,21-,23-,24-,25?/m1/s1. The fourth-order valence-corrected chi connectivity index (χ4v) is 7.34. The number of carbonyl (C=O) groups is 2. The third-order valence-corrected chi connectivity index (χ3v) is 8.94.